The molecule has 1 aromatic carbocycles. The number of rotatable bonds is 6. The lowest BCUT2D eigenvalue weighted by atomic mass is 9.82. The van der Waals surface area contributed by atoms with Crippen molar-refractivity contribution < 1.29 is 0 Å². The molecular formula is C14H24N2. The molecule has 0 saturated carbocycles. The second-order valence-corrected chi connectivity index (χ2v) is 4.60. The second kappa shape index (κ2) is 5.90. The van der Waals surface area contributed by atoms with E-state index in [0.29, 0.717) is 0 Å². The summed E-state index contributed by atoms with van der Waals surface area (Å²) < 4.78 is 0. The lowest BCUT2D eigenvalue weighted by molar-refractivity contribution is 0.281. The van der Waals surface area contributed by atoms with Crippen LogP contribution in [0.25, 0.3) is 0 Å². The van der Waals surface area contributed by atoms with Gasteiger partial charge in [0.15, 0.2) is 0 Å². The summed E-state index contributed by atoms with van der Waals surface area (Å²) in [5.41, 5.74) is 7.45. The zero-order chi connectivity index (χ0) is 12.0. The maximum atomic E-state index is 5.93. The molecule has 1 rings (SSSR count). The molecule has 0 fully saturated rings. The van der Waals surface area contributed by atoms with Crippen molar-refractivity contribution in [3.8, 4) is 0 Å². The van der Waals surface area contributed by atoms with E-state index in [0.717, 1.165) is 25.9 Å². The Hall–Kier alpha value is -1.02. The van der Waals surface area contributed by atoms with Gasteiger partial charge in [0.25, 0.3) is 0 Å². The smallest absolute Gasteiger partial charge is 0.0363 e. The summed E-state index contributed by atoms with van der Waals surface area (Å²) in [4.78, 5) is 2.31. The third kappa shape index (κ3) is 2.99. The summed E-state index contributed by atoms with van der Waals surface area (Å²) >= 11 is 0. The van der Waals surface area contributed by atoms with Crippen LogP contribution in [0.2, 0.25) is 0 Å². The minimum absolute atomic E-state index is 0.255. The summed E-state index contributed by atoms with van der Waals surface area (Å²) in [6, 6.07) is 10.5. The molecule has 16 heavy (non-hydrogen) atoms. The zero-order valence-corrected chi connectivity index (χ0v) is 10.7. The van der Waals surface area contributed by atoms with E-state index in [9.17, 15) is 0 Å². The number of hydrogen-bond donors (Lipinski definition) is 1. The lowest BCUT2D eigenvalue weighted by Crippen LogP contribution is -2.40. The highest BCUT2D eigenvalue weighted by Gasteiger charge is 2.26. The van der Waals surface area contributed by atoms with E-state index >= 15 is 0 Å². The van der Waals surface area contributed by atoms with Crippen molar-refractivity contribution in [3.63, 3.8) is 0 Å². The van der Waals surface area contributed by atoms with Crippen LogP contribution in [0.3, 0.4) is 0 Å². The highest BCUT2D eigenvalue weighted by atomic mass is 15.1. The van der Waals surface area contributed by atoms with Crippen LogP contribution < -0.4 is 10.6 Å². The Bertz CT molecular complexity index is 283. The normalized spacial score (nSPS) is 11.5. The topological polar surface area (TPSA) is 29.3 Å². The molecule has 0 aliphatic rings. The highest BCUT2D eigenvalue weighted by Crippen LogP contribution is 2.27. The SMILES string of the molecule is CCC(CC)(CN)CN(C)c1ccccc1. The second-order valence-electron chi connectivity index (χ2n) is 4.60. The Labute approximate surface area is 99.5 Å². The first-order valence-corrected chi connectivity index (χ1v) is 6.13. The van der Waals surface area contributed by atoms with Crippen LogP contribution in [0.4, 0.5) is 5.69 Å². The van der Waals surface area contributed by atoms with Gasteiger partial charge in [-0.25, -0.2) is 0 Å². The molecule has 0 heterocycles. The Morgan fingerprint density at radius 2 is 1.69 bits per heavy atom. The maximum Gasteiger partial charge on any atom is 0.0363 e. The molecule has 2 N–H and O–H groups in total. The van der Waals surface area contributed by atoms with Crippen LogP contribution in [0, 0.1) is 5.41 Å². The standard InChI is InChI=1S/C14H24N2/c1-4-14(5-2,11-15)12-16(3)13-9-7-6-8-10-13/h6-10H,4-5,11-12,15H2,1-3H3. The number of anilines is 1. The van der Waals surface area contributed by atoms with Crippen LogP contribution >= 0.6 is 0 Å². The lowest BCUT2D eigenvalue weighted by Gasteiger charge is -2.35. The molecule has 2 nitrogen and oxygen atoms in total. The Morgan fingerprint density at radius 1 is 1.12 bits per heavy atom. The number of para-hydroxylation sites is 1. The molecule has 90 valence electrons. The molecule has 0 aliphatic carbocycles. The Kier molecular flexibility index (Phi) is 4.81. The summed E-state index contributed by atoms with van der Waals surface area (Å²) in [5.74, 6) is 0. The van der Waals surface area contributed by atoms with Gasteiger partial charge in [-0.3, -0.25) is 0 Å². The van der Waals surface area contributed by atoms with Gasteiger partial charge in [0, 0.05) is 19.3 Å². The minimum Gasteiger partial charge on any atom is -0.374 e. The first-order chi connectivity index (χ1) is 7.67. The predicted molar refractivity (Wildman–Crippen MR) is 71.8 cm³/mol. The molecule has 0 atom stereocenters. The molecule has 0 bridgehead atoms. The summed E-state index contributed by atoms with van der Waals surface area (Å²) in [5, 5.41) is 0. The van der Waals surface area contributed by atoms with Crippen LogP contribution in [0.15, 0.2) is 30.3 Å². The van der Waals surface area contributed by atoms with Crippen LogP contribution in [-0.4, -0.2) is 20.1 Å². The van der Waals surface area contributed by atoms with Gasteiger partial charge in [0.1, 0.15) is 0 Å². The molecule has 0 spiro atoms. The van der Waals surface area contributed by atoms with Crippen molar-refractivity contribution in [2.45, 2.75) is 26.7 Å². The van der Waals surface area contributed by atoms with Gasteiger partial charge in [0.2, 0.25) is 0 Å². The van der Waals surface area contributed by atoms with Crippen molar-refractivity contribution in [3.05, 3.63) is 30.3 Å². The molecule has 0 aliphatic heterocycles. The van der Waals surface area contributed by atoms with Gasteiger partial charge in [0.05, 0.1) is 0 Å². The third-order valence-corrected chi connectivity index (χ3v) is 3.70. The fraction of sp³-hybridized carbons (Fsp3) is 0.571. The predicted octanol–water partition coefficient (Wildman–Crippen LogP) is 2.89. The number of nitrogens with zero attached hydrogens (tertiary/aromatic N) is 1. The summed E-state index contributed by atoms with van der Waals surface area (Å²) in [6.45, 7) is 6.25. The first kappa shape index (κ1) is 13.0. The molecule has 0 radical (unpaired) electrons. The fourth-order valence-electron chi connectivity index (χ4n) is 2.10. The Morgan fingerprint density at radius 3 is 2.12 bits per heavy atom. The van der Waals surface area contributed by atoms with Crippen molar-refractivity contribution in [1.29, 1.82) is 0 Å². The van der Waals surface area contributed by atoms with E-state index in [1.807, 2.05) is 6.07 Å². The van der Waals surface area contributed by atoms with Gasteiger partial charge in [-0.05, 0) is 36.9 Å². The van der Waals surface area contributed by atoms with E-state index in [4.69, 9.17) is 5.73 Å². The van der Waals surface area contributed by atoms with Crippen LogP contribution in [0.1, 0.15) is 26.7 Å². The van der Waals surface area contributed by atoms with Crippen molar-refractivity contribution in [1.82, 2.24) is 0 Å². The van der Waals surface area contributed by atoms with Crippen LogP contribution in [0.5, 0.6) is 0 Å². The number of nitrogens with two attached hydrogens (primary N) is 1. The largest absolute Gasteiger partial charge is 0.374 e. The zero-order valence-electron chi connectivity index (χ0n) is 10.7. The van der Waals surface area contributed by atoms with Crippen LogP contribution in [-0.2, 0) is 0 Å². The molecule has 2 heteroatoms. The molecule has 0 unspecified atom stereocenters. The molecule has 1 aromatic rings. The van der Waals surface area contributed by atoms with Gasteiger partial charge in [-0.2, -0.15) is 0 Å². The van der Waals surface area contributed by atoms with Gasteiger partial charge >= 0.3 is 0 Å². The quantitative estimate of drug-likeness (QED) is 0.798. The average Bonchev–Trinajstić information content (AvgIpc) is 2.37. The monoisotopic (exact) mass is 220 g/mol. The van der Waals surface area contributed by atoms with E-state index in [2.05, 4.69) is 50.1 Å². The summed E-state index contributed by atoms with van der Waals surface area (Å²) in [7, 11) is 2.14. The average molecular weight is 220 g/mol. The van der Waals surface area contributed by atoms with Gasteiger partial charge in [-0.15, -0.1) is 0 Å². The maximum absolute atomic E-state index is 5.93. The van der Waals surface area contributed by atoms with E-state index < -0.39 is 0 Å². The molecule has 0 aromatic heterocycles. The molecular weight excluding hydrogens is 196 g/mol. The number of hydrogen-bond acceptors (Lipinski definition) is 2. The minimum atomic E-state index is 0.255. The Balaban J connectivity index is 2.73. The van der Waals surface area contributed by atoms with Crippen molar-refractivity contribution >= 4 is 5.69 Å². The summed E-state index contributed by atoms with van der Waals surface area (Å²) in [6.07, 6.45) is 2.27. The van der Waals surface area contributed by atoms with E-state index in [1.54, 1.807) is 0 Å². The van der Waals surface area contributed by atoms with Gasteiger partial charge < -0.3 is 10.6 Å². The molecule has 0 saturated heterocycles. The van der Waals surface area contributed by atoms with Crippen molar-refractivity contribution in [2.75, 3.05) is 25.0 Å². The fourth-order valence-corrected chi connectivity index (χ4v) is 2.10. The van der Waals surface area contributed by atoms with Gasteiger partial charge in [-0.1, -0.05) is 32.0 Å². The number of benzene rings is 1. The first-order valence-electron chi connectivity index (χ1n) is 6.13. The van der Waals surface area contributed by atoms with E-state index in [-0.39, 0.29) is 5.41 Å². The third-order valence-electron chi connectivity index (χ3n) is 3.70. The highest BCUT2D eigenvalue weighted by molar-refractivity contribution is 5.45. The van der Waals surface area contributed by atoms with E-state index in [1.165, 1.54) is 5.69 Å². The van der Waals surface area contributed by atoms with Crippen molar-refractivity contribution in [2.24, 2.45) is 11.1 Å². The molecule has 0 amide bonds.